The van der Waals surface area contributed by atoms with Crippen LogP contribution in [0.3, 0.4) is 0 Å². The van der Waals surface area contributed by atoms with Gasteiger partial charge < -0.3 is 25.3 Å². The molecule has 1 atom stereocenters. The van der Waals surface area contributed by atoms with E-state index in [0.717, 1.165) is 5.75 Å². The number of ether oxygens (including phenoxy) is 3. The Labute approximate surface area is 129 Å². The summed E-state index contributed by atoms with van der Waals surface area (Å²) in [5.74, 6) is 2.03. The molecule has 7 heteroatoms. The summed E-state index contributed by atoms with van der Waals surface area (Å²) >= 11 is 1.65. The average molecular weight is 314 g/mol. The first kappa shape index (κ1) is 17.5. The molecule has 0 aromatic heterocycles. The molecule has 1 aromatic carbocycles. The van der Waals surface area contributed by atoms with Crippen molar-refractivity contribution >= 4 is 23.4 Å². The number of hydrogen-bond acceptors (Lipinski definition) is 6. The number of nitrogens with one attached hydrogen (secondary N) is 1. The molecule has 1 amide bonds. The topological polar surface area (TPSA) is 82.8 Å². The molecule has 1 aromatic rings. The SMILES string of the molecule is COc1cc(NC(=O)C(N)CCSC)cc(OC)c1OC. The normalized spacial score (nSPS) is 11.7. The Balaban J connectivity index is 2.91. The Morgan fingerprint density at radius 3 is 2.24 bits per heavy atom. The molecule has 0 heterocycles. The van der Waals surface area contributed by atoms with E-state index in [4.69, 9.17) is 19.9 Å². The van der Waals surface area contributed by atoms with Gasteiger partial charge in [-0.25, -0.2) is 0 Å². The molecule has 0 radical (unpaired) electrons. The molecule has 21 heavy (non-hydrogen) atoms. The van der Waals surface area contributed by atoms with E-state index >= 15 is 0 Å². The minimum absolute atomic E-state index is 0.238. The fraction of sp³-hybridized carbons (Fsp3) is 0.500. The second kappa shape index (κ2) is 8.63. The molecule has 0 spiro atoms. The van der Waals surface area contributed by atoms with Crippen molar-refractivity contribution in [2.75, 3.05) is 38.7 Å². The predicted molar refractivity (Wildman–Crippen MR) is 85.7 cm³/mol. The average Bonchev–Trinajstić information content (AvgIpc) is 2.51. The highest BCUT2D eigenvalue weighted by molar-refractivity contribution is 7.98. The zero-order chi connectivity index (χ0) is 15.8. The number of rotatable bonds is 8. The minimum atomic E-state index is -0.545. The highest BCUT2D eigenvalue weighted by Crippen LogP contribution is 2.39. The zero-order valence-electron chi connectivity index (χ0n) is 12.8. The molecule has 1 unspecified atom stereocenters. The second-order valence-electron chi connectivity index (χ2n) is 4.29. The lowest BCUT2D eigenvalue weighted by molar-refractivity contribution is -0.117. The van der Waals surface area contributed by atoms with Crippen molar-refractivity contribution < 1.29 is 19.0 Å². The van der Waals surface area contributed by atoms with Gasteiger partial charge in [0.15, 0.2) is 11.5 Å². The van der Waals surface area contributed by atoms with Gasteiger partial charge in [-0.3, -0.25) is 4.79 Å². The van der Waals surface area contributed by atoms with Crippen molar-refractivity contribution in [1.29, 1.82) is 0 Å². The van der Waals surface area contributed by atoms with E-state index < -0.39 is 6.04 Å². The molecule has 3 N–H and O–H groups in total. The Bertz CT molecular complexity index is 457. The van der Waals surface area contributed by atoms with Crippen LogP contribution in [0.25, 0.3) is 0 Å². The maximum absolute atomic E-state index is 12.0. The van der Waals surface area contributed by atoms with Crippen molar-refractivity contribution in [2.24, 2.45) is 5.73 Å². The van der Waals surface area contributed by atoms with Crippen LogP contribution < -0.4 is 25.3 Å². The fourth-order valence-electron chi connectivity index (χ4n) is 1.76. The van der Waals surface area contributed by atoms with Gasteiger partial charge in [0.05, 0.1) is 27.4 Å². The standard InChI is InChI=1S/C14H22N2O4S/c1-18-11-7-9(8-12(19-2)13(11)20-3)16-14(17)10(15)5-6-21-4/h7-8,10H,5-6,15H2,1-4H3,(H,16,17). The first-order chi connectivity index (χ1) is 10.1. The predicted octanol–water partition coefficient (Wildman–Crippen LogP) is 1.73. The van der Waals surface area contributed by atoms with Crippen molar-refractivity contribution in [2.45, 2.75) is 12.5 Å². The maximum Gasteiger partial charge on any atom is 0.241 e. The van der Waals surface area contributed by atoms with Gasteiger partial charge in [0.1, 0.15) is 0 Å². The molecule has 0 aliphatic rings. The van der Waals surface area contributed by atoms with Crippen LogP contribution in [0.4, 0.5) is 5.69 Å². The van der Waals surface area contributed by atoms with Gasteiger partial charge in [0.25, 0.3) is 0 Å². The molecule has 0 fully saturated rings. The zero-order valence-corrected chi connectivity index (χ0v) is 13.6. The Kier molecular flexibility index (Phi) is 7.18. The van der Waals surface area contributed by atoms with Gasteiger partial charge in [0.2, 0.25) is 11.7 Å². The highest BCUT2D eigenvalue weighted by Gasteiger charge is 2.17. The Morgan fingerprint density at radius 2 is 1.81 bits per heavy atom. The van der Waals surface area contributed by atoms with E-state index in [2.05, 4.69) is 5.32 Å². The Hall–Kier alpha value is -1.60. The van der Waals surface area contributed by atoms with Crippen LogP contribution in [0.5, 0.6) is 17.2 Å². The van der Waals surface area contributed by atoms with Crippen LogP contribution in [0, 0.1) is 0 Å². The molecule has 0 aliphatic carbocycles. The van der Waals surface area contributed by atoms with Crippen molar-refractivity contribution in [3.63, 3.8) is 0 Å². The van der Waals surface area contributed by atoms with Crippen LogP contribution in [0.15, 0.2) is 12.1 Å². The quantitative estimate of drug-likeness (QED) is 0.760. The molecule has 1 rings (SSSR count). The number of carbonyl (C=O) groups is 1. The van der Waals surface area contributed by atoms with Crippen LogP contribution in [0.2, 0.25) is 0 Å². The molecule has 118 valence electrons. The van der Waals surface area contributed by atoms with E-state index in [1.807, 2.05) is 6.26 Å². The first-order valence-corrected chi connectivity index (χ1v) is 7.82. The lowest BCUT2D eigenvalue weighted by Gasteiger charge is -2.16. The van der Waals surface area contributed by atoms with E-state index in [0.29, 0.717) is 29.4 Å². The summed E-state index contributed by atoms with van der Waals surface area (Å²) < 4.78 is 15.7. The largest absolute Gasteiger partial charge is 0.493 e. The summed E-state index contributed by atoms with van der Waals surface area (Å²) in [7, 11) is 4.57. The number of methoxy groups -OCH3 is 3. The van der Waals surface area contributed by atoms with E-state index in [-0.39, 0.29) is 5.91 Å². The van der Waals surface area contributed by atoms with Gasteiger partial charge in [-0.2, -0.15) is 11.8 Å². The van der Waals surface area contributed by atoms with E-state index in [9.17, 15) is 4.79 Å². The summed E-state index contributed by atoms with van der Waals surface area (Å²) in [6.45, 7) is 0. The number of anilines is 1. The molecule has 0 saturated heterocycles. The minimum Gasteiger partial charge on any atom is -0.493 e. The number of nitrogens with two attached hydrogens (primary N) is 1. The Morgan fingerprint density at radius 1 is 1.24 bits per heavy atom. The van der Waals surface area contributed by atoms with Gasteiger partial charge in [-0.15, -0.1) is 0 Å². The second-order valence-corrected chi connectivity index (χ2v) is 5.28. The van der Waals surface area contributed by atoms with E-state index in [1.165, 1.54) is 21.3 Å². The van der Waals surface area contributed by atoms with Gasteiger partial charge >= 0.3 is 0 Å². The van der Waals surface area contributed by atoms with Crippen LogP contribution in [0.1, 0.15) is 6.42 Å². The van der Waals surface area contributed by atoms with Crippen LogP contribution >= 0.6 is 11.8 Å². The lowest BCUT2D eigenvalue weighted by atomic mass is 10.2. The van der Waals surface area contributed by atoms with Crippen LogP contribution in [-0.2, 0) is 4.79 Å². The third-order valence-corrected chi connectivity index (χ3v) is 3.55. The smallest absolute Gasteiger partial charge is 0.241 e. The van der Waals surface area contributed by atoms with Crippen LogP contribution in [-0.4, -0.2) is 45.3 Å². The first-order valence-electron chi connectivity index (χ1n) is 6.42. The number of amides is 1. The summed E-state index contributed by atoms with van der Waals surface area (Å²) in [6, 6.07) is 2.79. The molecule has 6 nitrogen and oxygen atoms in total. The highest BCUT2D eigenvalue weighted by atomic mass is 32.2. The lowest BCUT2D eigenvalue weighted by Crippen LogP contribution is -2.36. The van der Waals surface area contributed by atoms with E-state index in [1.54, 1.807) is 23.9 Å². The van der Waals surface area contributed by atoms with Crippen molar-refractivity contribution in [3.05, 3.63) is 12.1 Å². The van der Waals surface area contributed by atoms with Crippen molar-refractivity contribution in [3.8, 4) is 17.2 Å². The van der Waals surface area contributed by atoms with Gasteiger partial charge in [0, 0.05) is 17.8 Å². The number of hydrogen-bond donors (Lipinski definition) is 2. The molecule has 0 aliphatic heterocycles. The maximum atomic E-state index is 12.0. The summed E-state index contributed by atoms with van der Waals surface area (Å²) in [4.78, 5) is 12.0. The van der Waals surface area contributed by atoms with Gasteiger partial charge in [-0.05, 0) is 18.4 Å². The fourth-order valence-corrected chi connectivity index (χ4v) is 2.25. The molecule has 0 saturated carbocycles. The van der Waals surface area contributed by atoms with Crippen molar-refractivity contribution in [1.82, 2.24) is 0 Å². The third kappa shape index (κ3) is 4.71. The molecular weight excluding hydrogens is 292 g/mol. The van der Waals surface area contributed by atoms with Gasteiger partial charge in [-0.1, -0.05) is 0 Å². The summed E-state index contributed by atoms with van der Waals surface area (Å²) in [5, 5.41) is 2.76. The number of carbonyl (C=O) groups excluding carboxylic acids is 1. The molecule has 0 bridgehead atoms. The monoisotopic (exact) mass is 314 g/mol. The summed E-state index contributed by atoms with van der Waals surface area (Å²) in [5.41, 5.74) is 6.39. The summed E-state index contributed by atoms with van der Waals surface area (Å²) in [6.07, 6.45) is 2.60. The molecular formula is C14H22N2O4S. The number of benzene rings is 1. The third-order valence-electron chi connectivity index (χ3n) is 2.90. The number of thioether (sulfide) groups is 1.